The van der Waals surface area contributed by atoms with Crippen LogP contribution in [0, 0.1) is 0 Å². The maximum Gasteiger partial charge on any atom is 0.273 e. The van der Waals surface area contributed by atoms with E-state index in [0.29, 0.717) is 17.5 Å². The van der Waals surface area contributed by atoms with Crippen LogP contribution in [0.2, 0.25) is 0 Å². The summed E-state index contributed by atoms with van der Waals surface area (Å²) in [5.41, 5.74) is 1.81. The maximum atomic E-state index is 12.2. The van der Waals surface area contributed by atoms with Crippen molar-refractivity contribution in [1.29, 1.82) is 0 Å². The molecule has 1 aromatic rings. The number of carbonyl (C=O) groups excluding carboxylic acids is 1. The summed E-state index contributed by atoms with van der Waals surface area (Å²) < 4.78 is 2.27. The Morgan fingerprint density at radius 2 is 2.11 bits per heavy atom. The summed E-state index contributed by atoms with van der Waals surface area (Å²) in [4.78, 5) is 18.5. The number of rotatable bonds is 2. The van der Waals surface area contributed by atoms with E-state index in [-0.39, 0.29) is 5.91 Å². The molecule has 2 rings (SSSR count). The van der Waals surface area contributed by atoms with Gasteiger partial charge >= 0.3 is 0 Å². The molecule has 1 aliphatic heterocycles. The van der Waals surface area contributed by atoms with Crippen LogP contribution in [0.25, 0.3) is 0 Å². The molecule has 4 nitrogen and oxygen atoms in total. The minimum Gasteiger partial charge on any atom is -0.343 e. The average Bonchev–Trinajstić information content (AvgIpc) is 2.68. The lowest BCUT2D eigenvalue weighted by Crippen LogP contribution is -2.25. The Kier molecular flexibility index (Phi) is 3.46. The third-order valence-electron chi connectivity index (χ3n) is 3.65. The second-order valence-electron chi connectivity index (χ2n) is 5.75. The van der Waals surface area contributed by atoms with Gasteiger partial charge in [0, 0.05) is 26.6 Å². The molecule has 1 aromatic heterocycles. The van der Waals surface area contributed by atoms with E-state index in [0.717, 1.165) is 24.5 Å². The zero-order valence-corrected chi connectivity index (χ0v) is 12.0. The van der Waals surface area contributed by atoms with Crippen molar-refractivity contribution < 1.29 is 4.79 Å². The van der Waals surface area contributed by atoms with E-state index in [1.54, 1.807) is 19.0 Å². The largest absolute Gasteiger partial charge is 0.343 e. The van der Waals surface area contributed by atoms with Crippen molar-refractivity contribution in [1.82, 2.24) is 14.5 Å². The van der Waals surface area contributed by atoms with E-state index >= 15 is 0 Å². The fourth-order valence-electron chi connectivity index (χ4n) is 2.72. The molecule has 1 aliphatic rings. The quantitative estimate of drug-likeness (QED) is 0.808. The van der Waals surface area contributed by atoms with Crippen molar-refractivity contribution in [3.8, 4) is 0 Å². The monoisotopic (exact) mass is 249 g/mol. The lowest BCUT2D eigenvalue weighted by Gasteiger charge is -2.24. The molecule has 1 atom stereocenters. The van der Waals surface area contributed by atoms with Crippen LogP contribution in [-0.4, -0.2) is 34.5 Å². The molecule has 0 saturated heterocycles. The highest BCUT2D eigenvalue weighted by Gasteiger charge is 2.29. The second kappa shape index (κ2) is 4.75. The molecule has 0 fully saturated rings. The molecule has 0 spiro atoms. The fourth-order valence-corrected chi connectivity index (χ4v) is 2.72. The molecule has 0 aromatic carbocycles. The van der Waals surface area contributed by atoms with Gasteiger partial charge in [0.25, 0.3) is 5.91 Å². The number of carbonyl (C=O) groups is 1. The molecule has 0 aliphatic carbocycles. The highest BCUT2D eigenvalue weighted by Crippen LogP contribution is 2.33. The summed E-state index contributed by atoms with van der Waals surface area (Å²) in [7, 11) is 3.58. The molecule has 18 heavy (non-hydrogen) atoms. The molecule has 0 radical (unpaired) electrons. The van der Waals surface area contributed by atoms with Gasteiger partial charge in [-0.2, -0.15) is 0 Å². The van der Waals surface area contributed by atoms with Crippen molar-refractivity contribution in [2.45, 2.75) is 52.0 Å². The van der Waals surface area contributed by atoms with Gasteiger partial charge in [0.05, 0.1) is 5.69 Å². The van der Waals surface area contributed by atoms with Crippen LogP contribution >= 0.6 is 0 Å². The Bertz CT molecular complexity index is 460. The molecular weight excluding hydrogens is 226 g/mol. The minimum absolute atomic E-state index is 0.0272. The smallest absolute Gasteiger partial charge is 0.273 e. The van der Waals surface area contributed by atoms with Crippen molar-refractivity contribution in [3.63, 3.8) is 0 Å². The molecule has 1 amide bonds. The number of imidazole rings is 1. The number of aromatic nitrogens is 2. The molecule has 0 bridgehead atoms. The molecule has 1 unspecified atom stereocenters. The topological polar surface area (TPSA) is 38.1 Å². The lowest BCUT2D eigenvalue weighted by atomic mass is 9.96. The number of nitrogens with zero attached hydrogens (tertiary/aromatic N) is 3. The zero-order chi connectivity index (χ0) is 13.4. The zero-order valence-electron chi connectivity index (χ0n) is 12.0. The van der Waals surface area contributed by atoms with Gasteiger partial charge in [0.2, 0.25) is 0 Å². The first-order chi connectivity index (χ1) is 8.43. The second-order valence-corrected chi connectivity index (χ2v) is 5.75. The first-order valence-electron chi connectivity index (χ1n) is 6.75. The van der Waals surface area contributed by atoms with E-state index in [1.807, 2.05) is 0 Å². The van der Waals surface area contributed by atoms with Crippen LogP contribution in [-0.2, 0) is 6.54 Å². The number of hydrogen-bond acceptors (Lipinski definition) is 2. The Balaban J connectivity index is 2.57. The van der Waals surface area contributed by atoms with Crippen molar-refractivity contribution in [3.05, 3.63) is 17.2 Å². The van der Waals surface area contributed by atoms with Crippen LogP contribution in [0.15, 0.2) is 0 Å². The summed E-state index contributed by atoms with van der Waals surface area (Å²) in [5.74, 6) is 1.87. The molecule has 0 saturated carbocycles. The average molecular weight is 249 g/mol. The fraction of sp³-hybridized carbons (Fsp3) is 0.714. The summed E-state index contributed by atoms with van der Waals surface area (Å²) in [6, 6.07) is 0. The van der Waals surface area contributed by atoms with Crippen LogP contribution < -0.4 is 0 Å². The molecule has 0 N–H and O–H groups in total. The van der Waals surface area contributed by atoms with Crippen LogP contribution in [0.1, 0.15) is 67.5 Å². The molecule has 2 heterocycles. The van der Waals surface area contributed by atoms with Gasteiger partial charge in [-0.15, -0.1) is 0 Å². The van der Waals surface area contributed by atoms with E-state index < -0.39 is 0 Å². The summed E-state index contributed by atoms with van der Waals surface area (Å²) in [6.45, 7) is 7.47. The summed E-state index contributed by atoms with van der Waals surface area (Å²) >= 11 is 0. The summed E-state index contributed by atoms with van der Waals surface area (Å²) in [6.07, 6.45) is 2.33. The summed E-state index contributed by atoms with van der Waals surface area (Å²) in [5, 5.41) is 0. The van der Waals surface area contributed by atoms with Gasteiger partial charge in [-0.25, -0.2) is 4.98 Å². The Morgan fingerprint density at radius 1 is 1.44 bits per heavy atom. The number of hydrogen-bond donors (Lipinski definition) is 0. The first-order valence-corrected chi connectivity index (χ1v) is 6.75. The van der Waals surface area contributed by atoms with Gasteiger partial charge in [-0.05, 0) is 18.8 Å². The highest BCUT2D eigenvalue weighted by molar-refractivity contribution is 5.93. The first kappa shape index (κ1) is 13.1. The molecule has 100 valence electrons. The molecule has 4 heteroatoms. The Labute approximate surface area is 109 Å². The molecular formula is C14H23N3O. The van der Waals surface area contributed by atoms with Crippen molar-refractivity contribution >= 4 is 5.91 Å². The van der Waals surface area contributed by atoms with E-state index in [2.05, 4.69) is 30.3 Å². The standard InChI is InChI=1S/C14H23N3O/c1-9(2)13-15-11(14(18)16(4)5)12-10(3)7-6-8-17(12)13/h9-10H,6-8H2,1-5H3. The third kappa shape index (κ3) is 2.04. The number of fused-ring (bicyclic) bond motifs is 1. The van der Waals surface area contributed by atoms with E-state index in [9.17, 15) is 4.79 Å². The predicted molar refractivity (Wildman–Crippen MR) is 72.0 cm³/mol. The Morgan fingerprint density at radius 3 is 2.67 bits per heavy atom. The van der Waals surface area contributed by atoms with Crippen LogP contribution in [0.4, 0.5) is 0 Å². The maximum absolute atomic E-state index is 12.2. The van der Waals surface area contributed by atoms with Gasteiger partial charge < -0.3 is 9.47 Å². The number of amides is 1. The Hall–Kier alpha value is -1.32. The SMILES string of the molecule is CC(C)c1nc(C(=O)N(C)C)c2n1CCCC2C. The van der Waals surface area contributed by atoms with Crippen molar-refractivity contribution in [2.24, 2.45) is 0 Å². The van der Waals surface area contributed by atoms with Crippen LogP contribution in [0.3, 0.4) is 0 Å². The lowest BCUT2D eigenvalue weighted by molar-refractivity contribution is 0.0820. The van der Waals surface area contributed by atoms with Crippen molar-refractivity contribution in [2.75, 3.05) is 14.1 Å². The minimum atomic E-state index is 0.0272. The van der Waals surface area contributed by atoms with Gasteiger partial charge in [-0.1, -0.05) is 20.8 Å². The highest BCUT2D eigenvalue weighted by atomic mass is 16.2. The normalized spacial score (nSPS) is 18.9. The van der Waals surface area contributed by atoms with Gasteiger partial charge in [0.15, 0.2) is 0 Å². The predicted octanol–water partition coefficient (Wildman–Crippen LogP) is 2.61. The third-order valence-corrected chi connectivity index (χ3v) is 3.65. The van der Waals surface area contributed by atoms with Gasteiger partial charge in [0.1, 0.15) is 11.5 Å². The van der Waals surface area contributed by atoms with Gasteiger partial charge in [-0.3, -0.25) is 4.79 Å². The van der Waals surface area contributed by atoms with E-state index in [4.69, 9.17) is 0 Å². The van der Waals surface area contributed by atoms with Crippen LogP contribution in [0.5, 0.6) is 0 Å². The van der Waals surface area contributed by atoms with E-state index in [1.165, 1.54) is 6.42 Å².